The number of pyridine rings is 1. The molecule has 2 aromatic rings. The first-order valence-corrected chi connectivity index (χ1v) is 12.5. The van der Waals surface area contributed by atoms with Gasteiger partial charge in [0, 0.05) is 31.2 Å². The van der Waals surface area contributed by atoms with E-state index in [1.807, 2.05) is 12.1 Å². The fourth-order valence-electron chi connectivity index (χ4n) is 5.32. The number of rotatable bonds is 7. The van der Waals surface area contributed by atoms with Gasteiger partial charge in [-0.25, -0.2) is 4.98 Å². The smallest absolute Gasteiger partial charge is 0.378 e. The zero-order valence-electron chi connectivity index (χ0n) is 20.4. The molecule has 3 aliphatic rings. The molecule has 0 spiro atoms. The highest BCUT2D eigenvalue weighted by Crippen LogP contribution is 2.59. The maximum absolute atomic E-state index is 13.6. The Morgan fingerprint density at radius 1 is 1.23 bits per heavy atom. The molecule has 184 valence electrons. The van der Waals surface area contributed by atoms with Gasteiger partial charge in [0.25, 0.3) is 0 Å². The van der Waals surface area contributed by atoms with Crippen molar-refractivity contribution >= 4 is 23.3 Å². The van der Waals surface area contributed by atoms with Gasteiger partial charge in [0.15, 0.2) is 11.6 Å². The van der Waals surface area contributed by atoms with Crippen LogP contribution in [0.5, 0.6) is 0 Å². The van der Waals surface area contributed by atoms with Crippen molar-refractivity contribution in [3.8, 4) is 6.07 Å². The number of nitrogens with zero attached hydrogens (tertiary/aromatic N) is 5. The van der Waals surface area contributed by atoms with Crippen LogP contribution in [0.2, 0.25) is 0 Å². The van der Waals surface area contributed by atoms with E-state index in [0.717, 1.165) is 44.5 Å². The summed E-state index contributed by atoms with van der Waals surface area (Å²) < 4.78 is 6.90. The molecule has 1 aliphatic heterocycles. The minimum atomic E-state index is -0.620. The normalized spacial score (nSPS) is 20.7. The maximum Gasteiger partial charge on any atom is 0.565 e. The Hall–Kier alpha value is -3.25. The minimum absolute atomic E-state index is 0.0822. The van der Waals surface area contributed by atoms with Crippen molar-refractivity contribution in [3.05, 3.63) is 41.1 Å². The Kier molecular flexibility index (Phi) is 6.56. The van der Waals surface area contributed by atoms with Crippen LogP contribution in [0.1, 0.15) is 49.5 Å². The molecule has 1 saturated heterocycles. The number of ether oxygens (including phenoxy) is 1. The Bertz CT molecular complexity index is 1130. The number of carbonyl (C=O) groups excluding carboxylic acids is 2. The van der Waals surface area contributed by atoms with Crippen LogP contribution in [0, 0.1) is 29.2 Å². The number of aromatic nitrogens is 3. The van der Waals surface area contributed by atoms with E-state index in [-0.39, 0.29) is 17.2 Å². The highest BCUT2D eigenvalue weighted by atomic mass is 16.5. The van der Waals surface area contributed by atoms with E-state index in [4.69, 9.17) is 4.74 Å². The van der Waals surface area contributed by atoms with Crippen molar-refractivity contribution in [3.63, 3.8) is 0 Å². The highest BCUT2D eigenvalue weighted by Gasteiger charge is 2.55. The molecule has 0 aromatic carbocycles. The second-order valence-electron chi connectivity index (χ2n) is 10.2. The van der Waals surface area contributed by atoms with Gasteiger partial charge in [-0.05, 0) is 48.3 Å². The van der Waals surface area contributed by atoms with E-state index < -0.39 is 11.8 Å². The topological polar surface area (TPSA) is 93.7 Å². The monoisotopic (exact) mass is 477 g/mol. The van der Waals surface area contributed by atoms with Gasteiger partial charge in [-0.3, -0.25) is 9.48 Å². The predicted octanol–water partition coefficient (Wildman–Crippen LogP) is 3.60. The average molecular weight is 478 g/mol. The number of amides is 2. The van der Waals surface area contributed by atoms with Gasteiger partial charge in [-0.2, -0.15) is 9.89 Å². The number of carbonyl (C=O) groups is 2. The molecule has 2 aromatic heterocycles. The largest absolute Gasteiger partial charge is 0.565 e. The summed E-state index contributed by atoms with van der Waals surface area (Å²) in [5.41, 5.74) is 1.46. The molecule has 2 amide bonds. The van der Waals surface area contributed by atoms with Crippen LogP contribution in [-0.2, 0) is 16.6 Å². The van der Waals surface area contributed by atoms with E-state index >= 15 is 0 Å². The Morgan fingerprint density at radius 3 is 2.57 bits per heavy atom. The summed E-state index contributed by atoms with van der Waals surface area (Å²) >= 11 is 0. The molecule has 3 fully saturated rings. The summed E-state index contributed by atoms with van der Waals surface area (Å²) in [6, 6.07) is 8.40. The lowest BCUT2D eigenvalue weighted by Crippen LogP contribution is -2.40. The lowest BCUT2D eigenvalue weighted by molar-refractivity contribution is -0.121. The van der Waals surface area contributed by atoms with Gasteiger partial charge >= 0.3 is 12.0 Å². The Morgan fingerprint density at radius 2 is 2.00 bits per heavy atom. The van der Waals surface area contributed by atoms with Crippen molar-refractivity contribution < 1.29 is 14.3 Å². The summed E-state index contributed by atoms with van der Waals surface area (Å²) in [5, 5.41) is 7.02. The minimum Gasteiger partial charge on any atom is -0.378 e. The molecule has 0 bridgehead atoms. The summed E-state index contributed by atoms with van der Waals surface area (Å²) in [7, 11) is 1.70. The van der Waals surface area contributed by atoms with Gasteiger partial charge in [0.05, 0.1) is 25.1 Å². The van der Waals surface area contributed by atoms with E-state index in [1.165, 1.54) is 11.1 Å². The lowest BCUT2D eigenvalue weighted by atomic mass is 9.64. The molecule has 2 saturated carbocycles. The fraction of sp³-hybridized carbons (Fsp3) is 0.577. The molecule has 9 nitrogen and oxygen atoms in total. The number of anilines is 2. The first kappa shape index (κ1) is 23.5. The maximum atomic E-state index is 13.6. The van der Waals surface area contributed by atoms with Crippen molar-refractivity contribution in [1.82, 2.24) is 14.8 Å². The molecular weight excluding hydrogens is 444 g/mol. The molecule has 9 heteroatoms. The van der Waals surface area contributed by atoms with Crippen molar-refractivity contribution in [2.24, 2.45) is 30.2 Å². The van der Waals surface area contributed by atoms with Crippen molar-refractivity contribution in [2.75, 3.05) is 36.5 Å². The summed E-state index contributed by atoms with van der Waals surface area (Å²) in [4.78, 5) is 37.1. The second-order valence-corrected chi connectivity index (χ2v) is 10.2. The van der Waals surface area contributed by atoms with Gasteiger partial charge in [0.2, 0.25) is 5.91 Å². The Labute approximate surface area is 205 Å². The highest BCUT2D eigenvalue weighted by molar-refractivity contribution is 6.01. The molecule has 5 rings (SSSR count). The molecule has 2 atom stereocenters. The molecule has 0 radical (unpaired) electrons. The molecular formula is C26H33N6O3+. The number of nitrogens with one attached hydrogen (secondary N) is 1. The van der Waals surface area contributed by atoms with Crippen molar-refractivity contribution in [2.45, 2.75) is 39.0 Å². The Balaban J connectivity index is 1.37. The van der Waals surface area contributed by atoms with Gasteiger partial charge < -0.3 is 15.0 Å². The fourth-order valence-corrected chi connectivity index (χ4v) is 5.32. The zero-order chi connectivity index (χ0) is 24.4. The van der Waals surface area contributed by atoms with Gasteiger partial charge in [-0.1, -0.05) is 26.2 Å². The van der Waals surface area contributed by atoms with E-state index in [1.54, 1.807) is 25.5 Å². The standard InChI is InChI=1S/C26H32N6O3/c1-26(9-10-26)23(18-4-3-5-18)20(17-28-25(34)21-8-11-29-31(21)2)24(33)30-22-7-6-19(16-27-22)32-12-14-35-15-13-32/h6-8,11,16,18,20,23H,3-5,9-10,12-15H2,1-2H3/p+1. The molecule has 2 unspecified atom stereocenters. The summed E-state index contributed by atoms with van der Waals surface area (Å²) in [6.45, 7) is 5.30. The lowest BCUT2D eigenvalue weighted by Gasteiger charge is -2.39. The van der Waals surface area contributed by atoms with E-state index in [0.29, 0.717) is 30.6 Å². The summed E-state index contributed by atoms with van der Waals surface area (Å²) in [6.07, 6.45) is 8.90. The third-order valence-corrected chi connectivity index (χ3v) is 7.86. The molecule has 2 aliphatic carbocycles. The van der Waals surface area contributed by atoms with Crippen LogP contribution in [-0.4, -0.2) is 52.9 Å². The first-order valence-electron chi connectivity index (χ1n) is 12.5. The average Bonchev–Trinajstić information content (AvgIpc) is 3.43. The van der Waals surface area contributed by atoms with Gasteiger partial charge in [0.1, 0.15) is 5.82 Å². The van der Waals surface area contributed by atoms with E-state index in [9.17, 15) is 9.59 Å². The number of morpholine rings is 1. The third-order valence-electron chi connectivity index (χ3n) is 7.86. The predicted molar refractivity (Wildman–Crippen MR) is 132 cm³/mol. The number of aryl methyl sites for hydroxylation is 1. The molecule has 35 heavy (non-hydrogen) atoms. The zero-order valence-corrected chi connectivity index (χ0v) is 20.4. The van der Waals surface area contributed by atoms with Crippen LogP contribution in [0.3, 0.4) is 0 Å². The number of hydrogen-bond donors (Lipinski definition) is 1. The molecule has 3 heterocycles. The second kappa shape index (κ2) is 9.78. The van der Waals surface area contributed by atoms with Crippen LogP contribution >= 0.6 is 0 Å². The number of hydrogen-bond acceptors (Lipinski definition) is 6. The summed E-state index contributed by atoms with van der Waals surface area (Å²) in [5.74, 6) is -0.223. The van der Waals surface area contributed by atoms with Crippen LogP contribution in [0.15, 0.2) is 30.6 Å². The first-order chi connectivity index (χ1) is 16.9. The van der Waals surface area contributed by atoms with Crippen LogP contribution < -0.4 is 10.2 Å². The van der Waals surface area contributed by atoms with Crippen LogP contribution in [0.4, 0.5) is 11.5 Å². The van der Waals surface area contributed by atoms with Crippen LogP contribution in [0.25, 0.3) is 4.85 Å². The molecule has 1 N–H and O–H groups in total. The quantitative estimate of drug-likeness (QED) is 0.655. The third kappa shape index (κ3) is 5.08. The van der Waals surface area contributed by atoms with Gasteiger partial charge in [-0.15, -0.1) is 0 Å². The SMILES string of the molecule is Cn1nccc1C(=O)[N+]#CC(C(=O)Nc1ccc(N2CCOCC2)cn1)C(C1CCC1)C1(C)CC1. The van der Waals surface area contributed by atoms with E-state index in [2.05, 4.69) is 38.1 Å². The van der Waals surface area contributed by atoms with Crippen molar-refractivity contribution in [1.29, 1.82) is 0 Å².